The third kappa shape index (κ3) is 3.39. The summed E-state index contributed by atoms with van der Waals surface area (Å²) in [6.45, 7) is 7.77. The van der Waals surface area contributed by atoms with Crippen molar-refractivity contribution in [3.05, 3.63) is 41.0 Å². The Morgan fingerprint density at radius 2 is 2.10 bits per heavy atom. The number of nitrogens with zero attached hydrogens (tertiary/aromatic N) is 2. The smallest absolute Gasteiger partial charge is 0.336 e. The lowest BCUT2D eigenvalue weighted by Gasteiger charge is -2.10. The Labute approximate surface area is 122 Å². The molecule has 0 bridgehead atoms. The molecule has 0 saturated heterocycles. The lowest BCUT2D eigenvalue weighted by Crippen LogP contribution is -2.11. The standard InChI is InChI=1S/C15H18N2O4/c1-9-10(13(18)19)6-5-7-11(9)20-8-12-16-14(21-17-12)15(2,3)4/h5-7H,8H2,1-4H3,(H,18,19). The molecule has 0 atom stereocenters. The third-order valence-electron chi connectivity index (χ3n) is 2.98. The van der Waals surface area contributed by atoms with Gasteiger partial charge in [0.1, 0.15) is 5.75 Å². The van der Waals surface area contributed by atoms with Crippen LogP contribution in [0.5, 0.6) is 5.75 Å². The predicted octanol–water partition coefficient (Wildman–Crippen LogP) is 2.95. The Morgan fingerprint density at radius 3 is 2.67 bits per heavy atom. The highest BCUT2D eigenvalue weighted by Gasteiger charge is 2.22. The van der Waals surface area contributed by atoms with Gasteiger partial charge >= 0.3 is 5.97 Å². The first kappa shape index (κ1) is 15.0. The van der Waals surface area contributed by atoms with Crippen molar-refractivity contribution in [2.75, 3.05) is 0 Å². The predicted molar refractivity (Wildman–Crippen MR) is 75.5 cm³/mol. The zero-order valence-electron chi connectivity index (χ0n) is 12.5. The molecule has 2 rings (SSSR count). The van der Waals surface area contributed by atoms with E-state index in [0.717, 1.165) is 0 Å². The minimum absolute atomic E-state index is 0.128. The lowest BCUT2D eigenvalue weighted by atomic mass is 9.97. The molecule has 1 aromatic heterocycles. The first-order valence-electron chi connectivity index (χ1n) is 6.58. The van der Waals surface area contributed by atoms with Crippen LogP contribution in [0, 0.1) is 6.92 Å². The number of aromatic nitrogens is 2. The molecule has 0 spiro atoms. The maximum Gasteiger partial charge on any atom is 0.336 e. The van der Waals surface area contributed by atoms with E-state index in [9.17, 15) is 4.79 Å². The second-order valence-electron chi connectivity index (χ2n) is 5.79. The largest absolute Gasteiger partial charge is 0.485 e. The first-order valence-corrected chi connectivity index (χ1v) is 6.58. The monoisotopic (exact) mass is 290 g/mol. The van der Waals surface area contributed by atoms with E-state index in [1.54, 1.807) is 19.1 Å². The van der Waals surface area contributed by atoms with Gasteiger partial charge in [-0.1, -0.05) is 32.0 Å². The van der Waals surface area contributed by atoms with Crippen LogP contribution >= 0.6 is 0 Å². The van der Waals surface area contributed by atoms with Gasteiger partial charge in [0.25, 0.3) is 0 Å². The van der Waals surface area contributed by atoms with Crippen LogP contribution in [0.1, 0.15) is 48.4 Å². The molecule has 0 unspecified atom stereocenters. The highest BCUT2D eigenvalue weighted by Crippen LogP contribution is 2.23. The molecule has 1 heterocycles. The van der Waals surface area contributed by atoms with E-state index >= 15 is 0 Å². The van der Waals surface area contributed by atoms with Gasteiger partial charge in [-0.3, -0.25) is 0 Å². The second-order valence-corrected chi connectivity index (χ2v) is 5.79. The van der Waals surface area contributed by atoms with Crippen LogP contribution in [0.4, 0.5) is 0 Å². The number of carbonyl (C=O) groups is 1. The summed E-state index contributed by atoms with van der Waals surface area (Å²) in [7, 11) is 0. The summed E-state index contributed by atoms with van der Waals surface area (Å²) in [5, 5.41) is 12.9. The summed E-state index contributed by atoms with van der Waals surface area (Å²) in [5.74, 6) is 0.488. The summed E-state index contributed by atoms with van der Waals surface area (Å²) in [6, 6.07) is 4.89. The van der Waals surface area contributed by atoms with Crippen LogP contribution < -0.4 is 4.74 Å². The zero-order valence-corrected chi connectivity index (χ0v) is 12.5. The number of hydrogen-bond donors (Lipinski definition) is 1. The average Bonchev–Trinajstić information content (AvgIpc) is 2.86. The van der Waals surface area contributed by atoms with Gasteiger partial charge in [-0.15, -0.1) is 0 Å². The van der Waals surface area contributed by atoms with Gasteiger partial charge in [0.15, 0.2) is 6.61 Å². The second kappa shape index (κ2) is 5.55. The summed E-state index contributed by atoms with van der Waals surface area (Å²) in [4.78, 5) is 15.3. The van der Waals surface area contributed by atoms with Crippen LogP contribution in [-0.4, -0.2) is 21.2 Å². The highest BCUT2D eigenvalue weighted by molar-refractivity contribution is 5.90. The average molecular weight is 290 g/mol. The van der Waals surface area contributed by atoms with E-state index in [1.165, 1.54) is 6.07 Å². The zero-order chi connectivity index (χ0) is 15.6. The van der Waals surface area contributed by atoms with E-state index in [1.807, 2.05) is 20.8 Å². The molecule has 1 aromatic carbocycles. The van der Waals surface area contributed by atoms with Crippen LogP contribution in [0.25, 0.3) is 0 Å². The summed E-state index contributed by atoms with van der Waals surface area (Å²) >= 11 is 0. The molecule has 21 heavy (non-hydrogen) atoms. The van der Waals surface area contributed by atoms with Crippen LogP contribution in [-0.2, 0) is 12.0 Å². The molecule has 6 nitrogen and oxygen atoms in total. The molecule has 0 fully saturated rings. The fourth-order valence-corrected chi connectivity index (χ4v) is 1.76. The molecular weight excluding hydrogens is 272 g/mol. The molecule has 0 aliphatic carbocycles. The molecule has 0 amide bonds. The quantitative estimate of drug-likeness (QED) is 0.931. The van der Waals surface area contributed by atoms with Gasteiger partial charge in [-0.05, 0) is 19.1 Å². The Bertz CT molecular complexity index is 656. The topological polar surface area (TPSA) is 85.5 Å². The minimum Gasteiger partial charge on any atom is -0.485 e. The van der Waals surface area contributed by atoms with Crippen molar-refractivity contribution < 1.29 is 19.2 Å². The maximum absolute atomic E-state index is 11.1. The fourth-order valence-electron chi connectivity index (χ4n) is 1.76. The Balaban J connectivity index is 2.12. The van der Waals surface area contributed by atoms with Gasteiger partial charge in [-0.2, -0.15) is 4.98 Å². The number of carboxylic acids is 1. The lowest BCUT2D eigenvalue weighted by molar-refractivity contribution is 0.0695. The number of benzene rings is 1. The molecule has 0 aliphatic heterocycles. The van der Waals surface area contributed by atoms with Gasteiger partial charge in [0.2, 0.25) is 11.7 Å². The molecule has 1 N–H and O–H groups in total. The van der Waals surface area contributed by atoms with Gasteiger partial charge in [0.05, 0.1) is 5.56 Å². The van der Waals surface area contributed by atoms with Crippen molar-refractivity contribution in [1.82, 2.24) is 10.1 Å². The number of hydrogen-bond acceptors (Lipinski definition) is 5. The van der Waals surface area contributed by atoms with Crippen molar-refractivity contribution in [2.24, 2.45) is 0 Å². The van der Waals surface area contributed by atoms with E-state index in [4.69, 9.17) is 14.4 Å². The van der Waals surface area contributed by atoms with E-state index < -0.39 is 5.97 Å². The summed E-state index contributed by atoms with van der Waals surface area (Å²) in [6.07, 6.45) is 0. The van der Waals surface area contributed by atoms with Crippen molar-refractivity contribution in [3.63, 3.8) is 0 Å². The van der Waals surface area contributed by atoms with Crippen molar-refractivity contribution >= 4 is 5.97 Å². The Hall–Kier alpha value is -2.37. The van der Waals surface area contributed by atoms with E-state index in [-0.39, 0.29) is 17.6 Å². The van der Waals surface area contributed by atoms with E-state index in [0.29, 0.717) is 23.0 Å². The highest BCUT2D eigenvalue weighted by atomic mass is 16.5. The van der Waals surface area contributed by atoms with E-state index in [2.05, 4.69) is 10.1 Å². The number of aromatic carboxylic acids is 1. The van der Waals surface area contributed by atoms with Crippen molar-refractivity contribution in [1.29, 1.82) is 0 Å². The summed E-state index contributed by atoms with van der Waals surface area (Å²) < 4.78 is 10.8. The molecule has 6 heteroatoms. The molecule has 0 aliphatic rings. The molecule has 0 radical (unpaired) electrons. The van der Waals surface area contributed by atoms with Crippen LogP contribution in [0.2, 0.25) is 0 Å². The molecule has 2 aromatic rings. The SMILES string of the molecule is Cc1c(OCc2noc(C(C)(C)C)n2)cccc1C(=O)O. The molecule has 112 valence electrons. The number of rotatable bonds is 4. The Kier molecular flexibility index (Phi) is 3.97. The number of carboxylic acid groups (broad SMARTS) is 1. The van der Waals surface area contributed by atoms with Crippen molar-refractivity contribution in [3.8, 4) is 5.75 Å². The normalized spacial score (nSPS) is 11.4. The number of ether oxygens (including phenoxy) is 1. The van der Waals surface area contributed by atoms with Crippen LogP contribution in [0.3, 0.4) is 0 Å². The van der Waals surface area contributed by atoms with Crippen molar-refractivity contribution in [2.45, 2.75) is 39.7 Å². The van der Waals surface area contributed by atoms with Gasteiger partial charge in [0, 0.05) is 11.0 Å². The Morgan fingerprint density at radius 1 is 1.38 bits per heavy atom. The van der Waals surface area contributed by atoms with Crippen LogP contribution in [0.15, 0.2) is 22.7 Å². The molecule has 0 saturated carbocycles. The van der Waals surface area contributed by atoms with Gasteiger partial charge in [-0.25, -0.2) is 4.79 Å². The first-order chi connectivity index (χ1) is 9.79. The molecular formula is C15H18N2O4. The maximum atomic E-state index is 11.1. The third-order valence-corrected chi connectivity index (χ3v) is 2.98. The van der Waals surface area contributed by atoms with Gasteiger partial charge < -0.3 is 14.4 Å². The minimum atomic E-state index is -0.979. The summed E-state index contributed by atoms with van der Waals surface area (Å²) in [5.41, 5.74) is 0.574. The fraction of sp³-hybridized carbons (Fsp3) is 0.400.